The Labute approximate surface area is 150 Å². The van der Waals surface area contributed by atoms with Crippen molar-refractivity contribution in [1.29, 1.82) is 0 Å². The van der Waals surface area contributed by atoms with Gasteiger partial charge in [-0.2, -0.15) is 0 Å². The lowest BCUT2D eigenvalue weighted by atomic mass is 10.0. The topological polar surface area (TPSA) is 56.5 Å². The highest BCUT2D eigenvalue weighted by Gasteiger charge is 2.14. The molecule has 5 heteroatoms. The molecule has 0 saturated heterocycles. The molecule has 3 rings (SSSR count). The van der Waals surface area contributed by atoms with Gasteiger partial charge in [-0.15, -0.1) is 0 Å². The number of carbonyl (C=O) groups excluding carboxylic acids is 1. The minimum atomic E-state index is -0.391. The van der Waals surface area contributed by atoms with Crippen LogP contribution in [0.2, 0.25) is 5.02 Å². The molecule has 0 atom stereocenters. The Morgan fingerprint density at radius 1 is 1.16 bits per heavy atom. The molecule has 0 unspecified atom stereocenters. The minimum absolute atomic E-state index is 0.109. The molecule has 0 spiro atoms. The second kappa shape index (κ2) is 7.11. The Kier molecular flexibility index (Phi) is 4.91. The van der Waals surface area contributed by atoms with Crippen LogP contribution in [-0.2, 0) is 6.42 Å². The van der Waals surface area contributed by atoms with E-state index < -0.39 is 5.63 Å². The Balaban J connectivity index is 1.94. The number of benzene rings is 2. The first kappa shape index (κ1) is 17.2. The summed E-state index contributed by atoms with van der Waals surface area (Å²) in [5, 5.41) is 1.31. The fourth-order valence-electron chi connectivity index (χ4n) is 2.73. The monoisotopic (exact) mass is 356 g/mol. The minimum Gasteiger partial charge on any atom is -0.485 e. The molecule has 0 bridgehead atoms. The van der Waals surface area contributed by atoms with E-state index in [1.165, 1.54) is 6.07 Å². The third-order valence-corrected chi connectivity index (χ3v) is 4.19. The molecule has 0 saturated carbocycles. The van der Waals surface area contributed by atoms with Gasteiger partial charge in [0.15, 0.2) is 12.4 Å². The first-order valence-corrected chi connectivity index (χ1v) is 8.34. The number of ketones is 1. The first-order chi connectivity index (χ1) is 12.0. The molecule has 0 aliphatic carbocycles. The van der Waals surface area contributed by atoms with Gasteiger partial charge in [-0.1, -0.05) is 18.5 Å². The second-order valence-electron chi connectivity index (χ2n) is 5.80. The van der Waals surface area contributed by atoms with Crippen molar-refractivity contribution < 1.29 is 13.9 Å². The molecular formula is C20H17ClO4. The molecule has 0 N–H and O–H groups in total. The lowest BCUT2D eigenvalue weighted by molar-refractivity contribution is 0.0922. The van der Waals surface area contributed by atoms with Gasteiger partial charge < -0.3 is 9.15 Å². The number of halogens is 1. The summed E-state index contributed by atoms with van der Waals surface area (Å²) in [6.07, 6.45) is 0.659. The van der Waals surface area contributed by atoms with Crippen LogP contribution in [0.3, 0.4) is 0 Å². The second-order valence-corrected chi connectivity index (χ2v) is 6.24. The van der Waals surface area contributed by atoms with E-state index in [1.54, 1.807) is 30.3 Å². The van der Waals surface area contributed by atoms with Crippen LogP contribution in [0, 0.1) is 6.92 Å². The molecule has 4 nitrogen and oxygen atoms in total. The zero-order valence-corrected chi connectivity index (χ0v) is 14.7. The van der Waals surface area contributed by atoms with E-state index >= 15 is 0 Å². The number of Topliss-reactive ketones (excluding diaryl/α,β-unsaturated/α-hetero) is 1. The number of ether oxygens (including phenoxy) is 1. The van der Waals surface area contributed by atoms with Crippen LogP contribution < -0.4 is 10.4 Å². The maximum absolute atomic E-state index is 12.3. The third kappa shape index (κ3) is 3.74. The summed E-state index contributed by atoms with van der Waals surface area (Å²) < 4.78 is 11.1. The summed E-state index contributed by atoms with van der Waals surface area (Å²) in [7, 11) is 0. The summed E-state index contributed by atoms with van der Waals surface area (Å²) >= 11 is 5.84. The molecule has 1 aromatic heterocycles. The van der Waals surface area contributed by atoms with E-state index in [1.807, 2.05) is 19.9 Å². The molecule has 1 heterocycles. The van der Waals surface area contributed by atoms with Crippen molar-refractivity contribution >= 4 is 28.4 Å². The number of hydrogen-bond acceptors (Lipinski definition) is 4. The van der Waals surface area contributed by atoms with Crippen molar-refractivity contribution in [2.45, 2.75) is 20.3 Å². The summed E-state index contributed by atoms with van der Waals surface area (Å²) in [5.41, 5.74) is 2.33. The van der Waals surface area contributed by atoms with Gasteiger partial charge in [0.2, 0.25) is 0 Å². The largest absolute Gasteiger partial charge is 0.485 e. The van der Waals surface area contributed by atoms with Gasteiger partial charge >= 0.3 is 5.63 Å². The van der Waals surface area contributed by atoms with Gasteiger partial charge in [-0.25, -0.2) is 4.79 Å². The Morgan fingerprint density at radius 2 is 1.88 bits per heavy atom. The Hall–Kier alpha value is -2.59. The van der Waals surface area contributed by atoms with Crippen LogP contribution >= 0.6 is 11.6 Å². The van der Waals surface area contributed by atoms with E-state index in [9.17, 15) is 9.59 Å². The quantitative estimate of drug-likeness (QED) is 0.496. The van der Waals surface area contributed by atoms with Crippen LogP contribution in [0.4, 0.5) is 0 Å². The van der Waals surface area contributed by atoms with E-state index in [-0.39, 0.29) is 12.4 Å². The van der Waals surface area contributed by atoms with Crippen molar-refractivity contribution in [2.24, 2.45) is 0 Å². The van der Waals surface area contributed by atoms with Gasteiger partial charge in [-0.05, 0) is 60.9 Å². The number of rotatable bonds is 5. The molecule has 25 heavy (non-hydrogen) atoms. The van der Waals surface area contributed by atoms with Crippen molar-refractivity contribution in [3.05, 3.63) is 74.6 Å². The normalized spacial score (nSPS) is 10.8. The molecule has 0 fully saturated rings. The predicted octanol–water partition coefficient (Wildman–Crippen LogP) is 4.58. The maximum Gasteiger partial charge on any atom is 0.336 e. The molecule has 0 aliphatic heterocycles. The van der Waals surface area contributed by atoms with Crippen molar-refractivity contribution in [3.8, 4) is 5.75 Å². The summed E-state index contributed by atoms with van der Waals surface area (Å²) in [6.45, 7) is 3.73. The molecular weight excluding hydrogens is 340 g/mol. The molecule has 0 amide bonds. The van der Waals surface area contributed by atoms with Crippen molar-refractivity contribution in [1.82, 2.24) is 0 Å². The van der Waals surface area contributed by atoms with E-state index in [0.29, 0.717) is 28.3 Å². The summed E-state index contributed by atoms with van der Waals surface area (Å²) in [6, 6.07) is 11.8. The van der Waals surface area contributed by atoms with Crippen molar-refractivity contribution in [2.75, 3.05) is 6.61 Å². The molecule has 0 radical (unpaired) electrons. The lowest BCUT2D eigenvalue weighted by Crippen LogP contribution is -2.12. The van der Waals surface area contributed by atoms with Gasteiger partial charge in [0.1, 0.15) is 11.3 Å². The van der Waals surface area contributed by atoms with Gasteiger partial charge in [-0.3, -0.25) is 4.79 Å². The average molecular weight is 357 g/mol. The van der Waals surface area contributed by atoms with Gasteiger partial charge in [0.05, 0.1) is 5.39 Å². The van der Waals surface area contributed by atoms with Crippen LogP contribution in [0.25, 0.3) is 11.0 Å². The van der Waals surface area contributed by atoms with Gasteiger partial charge in [0, 0.05) is 16.7 Å². The predicted molar refractivity (Wildman–Crippen MR) is 97.9 cm³/mol. The molecule has 2 aromatic carbocycles. The van der Waals surface area contributed by atoms with Gasteiger partial charge in [0.25, 0.3) is 0 Å². The SMILES string of the molecule is CCc1cc(=O)oc2cc(C)cc(OCC(=O)c3ccc(Cl)cc3)c12. The highest BCUT2D eigenvalue weighted by molar-refractivity contribution is 6.30. The average Bonchev–Trinajstić information content (AvgIpc) is 2.58. The third-order valence-electron chi connectivity index (χ3n) is 3.94. The molecule has 3 aromatic rings. The maximum atomic E-state index is 12.3. The zero-order valence-electron chi connectivity index (χ0n) is 14.0. The highest BCUT2D eigenvalue weighted by Crippen LogP contribution is 2.30. The van der Waals surface area contributed by atoms with Crippen LogP contribution in [-0.4, -0.2) is 12.4 Å². The van der Waals surface area contributed by atoms with E-state index in [2.05, 4.69) is 0 Å². The molecule has 128 valence electrons. The summed E-state index contributed by atoms with van der Waals surface area (Å²) in [5.74, 6) is 0.389. The summed E-state index contributed by atoms with van der Waals surface area (Å²) in [4.78, 5) is 24.0. The van der Waals surface area contributed by atoms with Crippen LogP contribution in [0.5, 0.6) is 5.75 Å². The number of fused-ring (bicyclic) bond motifs is 1. The first-order valence-electron chi connectivity index (χ1n) is 7.97. The standard InChI is InChI=1S/C20H17ClO4/c1-3-13-10-19(23)25-18-9-12(2)8-17(20(13)18)24-11-16(22)14-4-6-15(21)7-5-14/h4-10H,3,11H2,1-2H3. The van der Waals surface area contributed by atoms with E-state index in [4.69, 9.17) is 20.8 Å². The number of carbonyl (C=O) groups is 1. The Morgan fingerprint density at radius 3 is 2.56 bits per heavy atom. The molecule has 0 aliphatic rings. The number of aryl methyl sites for hydroxylation is 2. The van der Waals surface area contributed by atoms with Crippen LogP contribution in [0.1, 0.15) is 28.4 Å². The Bertz CT molecular complexity index is 987. The van der Waals surface area contributed by atoms with Crippen molar-refractivity contribution in [3.63, 3.8) is 0 Å². The highest BCUT2D eigenvalue weighted by atomic mass is 35.5. The lowest BCUT2D eigenvalue weighted by Gasteiger charge is -2.12. The fraction of sp³-hybridized carbons (Fsp3) is 0.200. The van der Waals surface area contributed by atoms with Crippen LogP contribution in [0.15, 0.2) is 51.7 Å². The fourth-order valence-corrected chi connectivity index (χ4v) is 2.85. The van der Waals surface area contributed by atoms with E-state index in [0.717, 1.165) is 16.5 Å². The zero-order chi connectivity index (χ0) is 18.0. The number of hydrogen-bond donors (Lipinski definition) is 0. The smallest absolute Gasteiger partial charge is 0.336 e.